The molecule has 116 valence electrons. The zero-order valence-corrected chi connectivity index (χ0v) is 12.7. The standard InChI is InChI=1S/C18H20O4/c1-18(2)21-11-16(22-18)17(12-3-7-14(19)8-4-12)13-5-9-15(20)10-6-13/h3-10,16-17,19-20H,11H2,1-2H3. The quantitative estimate of drug-likeness (QED) is 0.912. The normalized spacial score (nSPS) is 20.4. The van der Waals surface area contributed by atoms with Crippen LogP contribution in [0.5, 0.6) is 11.5 Å². The third kappa shape index (κ3) is 3.08. The molecule has 1 fully saturated rings. The second-order valence-corrected chi connectivity index (χ2v) is 6.03. The third-order valence-electron chi connectivity index (χ3n) is 3.91. The lowest BCUT2D eigenvalue weighted by atomic mass is 9.86. The summed E-state index contributed by atoms with van der Waals surface area (Å²) in [6, 6.07) is 14.2. The second-order valence-electron chi connectivity index (χ2n) is 6.03. The average Bonchev–Trinajstić information content (AvgIpc) is 2.83. The van der Waals surface area contributed by atoms with Crippen LogP contribution in [0.25, 0.3) is 0 Å². The number of rotatable bonds is 3. The maximum atomic E-state index is 9.50. The number of hydrogen-bond donors (Lipinski definition) is 2. The molecule has 0 aromatic heterocycles. The van der Waals surface area contributed by atoms with Gasteiger partial charge in [-0.15, -0.1) is 0 Å². The van der Waals surface area contributed by atoms with Gasteiger partial charge in [0.25, 0.3) is 0 Å². The molecule has 1 unspecified atom stereocenters. The monoisotopic (exact) mass is 300 g/mol. The number of aromatic hydroxyl groups is 2. The predicted molar refractivity (Wildman–Crippen MR) is 83.0 cm³/mol. The van der Waals surface area contributed by atoms with Gasteiger partial charge in [-0.3, -0.25) is 0 Å². The minimum Gasteiger partial charge on any atom is -0.508 e. The molecule has 0 amide bonds. The Kier molecular flexibility index (Phi) is 3.81. The Morgan fingerprint density at radius 3 is 1.73 bits per heavy atom. The minimum atomic E-state index is -0.600. The van der Waals surface area contributed by atoms with Crippen LogP contribution in [0.2, 0.25) is 0 Å². The molecular weight excluding hydrogens is 280 g/mol. The highest BCUT2D eigenvalue weighted by Gasteiger charge is 2.38. The molecule has 1 heterocycles. The molecule has 0 saturated carbocycles. The molecule has 0 spiro atoms. The van der Waals surface area contributed by atoms with Gasteiger partial charge in [0.05, 0.1) is 12.7 Å². The maximum absolute atomic E-state index is 9.50. The topological polar surface area (TPSA) is 58.9 Å². The molecule has 4 nitrogen and oxygen atoms in total. The molecule has 2 aromatic carbocycles. The molecule has 2 N–H and O–H groups in total. The Labute approximate surface area is 129 Å². The van der Waals surface area contributed by atoms with Gasteiger partial charge in [-0.05, 0) is 49.2 Å². The van der Waals surface area contributed by atoms with Crippen molar-refractivity contribution in [1.29, 1.82) is 0 Å². The van der Waals surface area contributed by atoms with Crippen LogP contribution < -0.4 is 0 Å². The largest absolute Gasteiger partial charge is 0.508 e. The smallest absolute Gasteiger partial charge is 0.163 e. The summed E-state index contributed by atoms with van der Waals surface area (Å²) in [5.74, 6) is -0.159. The molecule has 0 radical (unpaired) electrons. The SMILES string of the molecule is CC1(C)OCC(C(c2ccc(O)cc2)c2ccc(O)cc2)O1. The first-order valence-electron chi connectivity index (χ1n) is 7.34. The molecule has 1 saturated heterocycles. The van der Waals surface area contributed by atoms with Gasteiger partial charge in [0.15, 0.2) is 5.79 Å². The van der Waals surface area contributed by atoms with Gasteiger partial charge in [-0.25, -0.2) is 0 Å². The highest BCUT2D eigenvalue weighted by atomic mass is 16.7. The third-order valence-corrected chi connectivity index (χ3v) is 3.91. The minimum absolute atomic E-state index is 0.0250. The highest BCUT2D eigenvalue weighted by Crippen LogP contribution is 2.37. The summed E-state index contributed by atoms with van der Waals surface area (Å²) in [6.07, 6.45) is -0.121. The van der Waals surface area contributed by atoms with Crippen LogP contribution in [-0.2, 0) is 9.47 Å². The van der Waals surface area contributed by atoms with E-state index in [-0.39, 0.29) is 23.5 Å². The van der Waals surface area contributed by atoms with E-state index in [1.807, 2.05) is 38.1 Å². The first-order valence-corrected chi connectivity index (χ1v) is 7.34. The number of ether oxygens (including phenoxy) is 2. The summed E-state index contributed by atoms with van der Waals surface area (Å²) in [5.41, 5.74) is 2.07. The number of phenols is 2. The first-order chi connectivity index (χ1) is 10.4. The molecular formula is C18H20O4. The maximum Gasteiger partial charge on any atom is 0.163 e. The molecule has 1 atom stereocenters. The van der Waals surface area contributed by atoms with Crippen molar-refractivity contribution in [3.8, 4) is 11.5 Å². The highest BCUT2D eigenvalue weighted by molar-refractivity contribution is 5.39. The lowest BCUT2D eigenvalue weighted by Gasteiger charge is -2.25. The van der Waals surface area contributed by atoms with E-state index in [2.05, 4.69) is 0 Å². The molecule has 0 aliphatic carbocycles. The fourth-order valence-corrected chi connectivity index (χ4v) is 2.86. The van der Waals surface area contributed by atoms with Gasteiger partial charge in [-0.2, -0.15) is 0 Å². The molecule has 0 bridgehead atoms. The predicted octanol–water partition coefficient (Wildman–Crippen LogP) is 3.38. The Morgan fingerprint density at radius 1 is 0.909 bits per heavy atom. The molecule has 22 heavy (non-hydrogen) atoms. The van der Waals surface area contributed by atoms with Crippen LogP contribution >= 0.6 is 0 Å². The van der Waals surface area contributed by atoms with Gasteiger partial charge < -0.3 is 19.7 Å². The summed E-state index contributed by atoms with van der Waals surface area (Å²) < 4.78 is 11.7. The van der Waals surface area contributed by atoms with Crippen molar-refractivity contribution in [1.82, 2.24) is 0 Å². The molecule has 3 rings (SSSR count). The van der Waals surface area contributed by atoms with Crippen LogP contribution in [0.4, 0.5) is 0 Å². The van der Waals surface area contributed by atoms with Gasteiger partial charge in [-0.1, -0.05) is 24.3 Å². The van der Waals surface area contributed by atoms with Gasteiger partial charge in [0.2, 0.25) is 0 Å². The van der Waals surface area contributed by atoms with Crippen molar-refractivity contribution in [2.45, 2.75) is 31.7 Å². The number of hydrogen-bond acceptors (Lipinski definition) is 4. The van der Waals surface area contributed by atoms with Gasteiger partial charge in [0, 0.05) is 5.92 Å². The van der Waals surface area contributed by atoms with Crippen molar-refractivity contribution in [2.24, 2.45) is 0 Å². The van der Waals surface area contributed by atoms with E-state index in [1.165, 1.54) is 0 Å². The van der Waals surface area contributed by atoms with Crippen molar-refractivity contribution < 1.29 is 19.7 Å². The van der Waals surface area contributed by atoms with Gasteiger partial charge >= 0.3 is 0 Å². The zero-order chi connectivity index (χ0) is 15.7. The van der Waals surface area contributed by atoms with Crippen LogP contribution in [0, 0.1) is 0 Å². The lowest BCUT2D eigenvalue weighted by molar-refractivity contribution is -0.139. The van der Waals surface area contributed by atoms with Crippen LogP contribution in [0.1, 0.15) is 30.9 Å². The van der Waals surface area contributed by atoms with E-state index in [4.69, 9.17) is 9.47 Å². The fraction of sp³-hybridized carbons (Fsp3) is 0.333. The van der Waals surface area contributed by atoms with Gasteiger partial charge in [0.1, 0.15) is 11.5 Å². The van der Waals surface area contributed by atoms with E-state index >= 15 is 0 Å². The molecule has 2 aromatic rings. The van der Waals surface area contributed by atoms with Crippen LogP contribution in [-0.4, -0.2) is 28.7 Å². The average molecular weight is 300 g/mol. The Hall–Kier alpha value is -2.04. The Bertz CT molecular complexity index is 586. The summed E-state index contributed by atoms with van der Waals surface area (Å²) >= 11 is 0. The summed E-state index contributed by atoms with van der Waals surface area (Å²) in [6.45, 7) is 4.30. The lowest BCUT2D eigenvalue weighted by Crippen LogP contribution is -2.26. The van der Waals surface area contributed by atoms with Crippen molar-refractivity contribution in [3.63, 3.8) is 0 Å². The van der Waals surface area contributed by atoms with E-state index in [0.717, 1.165) is 11.1 Å². The number of benzene rings is 2. The first kappa shape index (κ1) is 14.9. The summed E-state index contributed by atoms with van der Waals surface area (Å²) in [7, 11) is 0. The van der Waals surface area contributed by atoms with Crippen LogP contribution in [0.15, 0.2) is 48.5 Å². The molecule has 1 aliphatic heterocycles. The molecule has 4 heteroatoms. The summed E-state index contributed by atoms with van der Waals surface area (Å²) in [4.78, 5) is 0. The number of phenolic OH excluding ortho intramolecular Hbond substituents is 2. The van der Waals surface area contributed by atoms with Crippen LogP contribution in [0.3, 0.4) is 0 Å². The van der Waals surface area contributed by atoms with E-state index < -0.39 is 5.79 Å². The second kappa shape index (κ2) is 5.63. The zero-order valence-electron chi connectivity index (χ0n) is 12.7. The Morgan fingerprint density at radius 2 is 1.36 bits per heavy atom. The van der Waals surface area contributed by atoms with Crippen molar-refractivity contribution in [3.05, 3.63) is 59.7 Å². The van der Waals surface area contributed by atoms with E-state index in [1.54, 1.807) is 24.3 Å². The van der Waals surface area contributed by atoms with Crippen molar-refractivity contribution in [2.75, 3.05) is 6.61 Å². The summed E-state index contributed by atoms with van der Waals surface area (Å²) in [5, 5.41) is 19.0. The fourth-order valence-electron chi connectivity index (χ4n) is 2.86. The van der Waals surface area contributed by atoms with Crippen molar-refractivity contribution >= 4 is 0 Å². The van der Waals surface area contributed by atoms with E-state index in [9.17, 15) is 10.2 Å². The van der Waals surface area contributed by atoms with E-state index in [0.29, 0.717) is 6.61 Å². The Balaban J connectivity index is 1.98. The molecule has 1 aliphatic rings.